The van der Waals surface area contributed by atoms with Crippen LogP contribution in [-0.4, -0.2) is 38.2 Å². The third-order valence-electron chi connectivity index (χ3n) is 2.73. The number of allylic oxidation sites excluding steroid dienone is 4. The van der Waals surface area contributed by atoms with E-state index in [1.54, 1.807) is 12.4 Å². The van der Waals surface area contributed by atoms with Crippen molar-refractivity contribution in [3.8, 4) is 0 Å². The summed E-state index contributed by atoms with van der Waals surface area (Å²) >= 11 is 0. The van der Waals surface area contributed by atoms with Crippen LogP contribution >= 0.6 is 0 Å². The van der Waals surface area contributed by atoms with Crippen LogP contribution in [0.4, 0.5) is 0 Å². The van der Waals surface area contributed by atoms with Gasteiger partial charge in [0.25, 0.3) is 0 Å². The molecule has 6 nitrogen and oxygen atoms in total. The molecule has 0 fully saturated rings. The minimum absolute atomic E-state index is 0.165. The van der Waals surface area contributed by atoms with Gasteiger partial charge in [0.2, 0.25) is 0 Å². The fourth-order valence-corrected chi connectivity index (χ4v) is 1.60. The van der Waals surface area contributed by atoms with E-state index in [0.717, 1.165) is 24.2 Å². The van der Waals surface area contributed by atoms with E-state index in [0.29, 0.717) is 6.61 Å². The van der Waals surface area contributed by atoms with Crippen molar-refractivity contribution in [2.24, 2.45) is 10.3 Å². The van der Waals surface area contributed by atoms with Gasteiger partial charge >= 0.3 is 0 Å². The quantitative estimate of drug-likeness (QED) is 0.550. The van der Waals surface area contributed by atoms with Crippen molar-refractivity contribution in [1.29, 1.82) is 0 Å². The predicted octanol–water partition coefficient (Wildman–Crippen LogP) is 1.47. The van der Waals surface area contributed by atoms with Crippen LogP contribution in [0.25, 0.3) is 0 Å². The molecule has 21 heavy (non-hydrogen) atoms. The highest BCUT2D eigenvalue weighted by atomic mass is 16.7. The first-order valence-corrected chi connectivity index (χ1v) is 6.89. The summed E-state index contributed by atoms with van der Waals surface area (Å²) in [6, 6.07) is 0. The van der Waals surface area contributed by atoms with Crippen molar-refractivity contribution < 1.29 is 9.68 Å². The fourth-order valence-electron chi connectivity index (χ4n) is 1.60. The van der Waals surface area contributed by atoms with Crippen LogP contribution in [0.15, 0.2) is 58.2 Å². The highest BCUT2D eigenvalue weighted by Crippen LogP contribution is 2.00. The first-order valence-electron chi connectivity index (χ1n) is 6.89. The van der Waals surface area contributed by atoms with Gasteiger partial charge in [-0.15, -0.1) is 0 Å². The molecule has 0 saturated heterocycles. The van der Waals surface area contributed by atoms with Crippen LogP contribution < -0.4 is 10.6 Å². The third-order valence-corrected chi connectivity index (χ3v) is 2.73. The largest absolute Gasteiger partial charge is 0.392 e. The molecule has 0 amide bonds. The molecule has 112 valence electrons. The van der Waals surface area contributed by atoms with Crippen LogP contribution in [0.3, 0.4) is 0 Å². The van der Waals surface area contributed by atoms with E-state index < -0.39 is 0 Å². The Labute approximate surface area is 124 Å². The minimum atomic E-state index is -0.165. The van der Waals surface area contributed by atoms with Gasteiger partial charge in [-0.05, 0) is 42.6 Å². The van der Waals surface area contributed by atoms with Crippen molar-refractivity contribution in [2.45, 2.75) is 13.0 Å². The molecule has 6 heteroatoms. The molecule has 1 atom stereocenters. The molecule has 2 N–H and O–H groups in total. The lowest BCUT2D eigenvalue weighted by atomic mass is 10.2. The number of oxime groups is 2. The third kappa shape index (κ3) is 5.99. The maximum Gasteiger partial charge on any atom is 0.161 e. The smallest absolute Gasteiger partial charge is 0.161 e. The molecule has 0 saturated carbocycles. The van der Waals surface area contributed by atoms with Gasteiger partial charge in [0.1, 0.15) is 0 Å². The second-order valence-electron chi connectivity index (χ2n) is 4.57. The molecule has 0 aromatic heterocycles. The number of nitrogens with one attached hydrogen (secondary N) is 2. The normalized spacial score (nSPS) is 18.9. The van der Waals surface area contributed by atoms with Crippen molar-refractivity contribution in [3.63, 3.8) is 0 Å². The molecule has 2 aliphatic heterocycles. The summed E-state index contributed by atoms with van der Waals surface area (Å²) in [4.78, 5) is 10.5. The summed E-state index contributed by atoms with van der Waals surface area (Å²) in [6.07, 6.45) is 14.9. The summed E-state index contributed by atoms with van der Waals surface area (Å²) in [5.41, 5.74) is 2.04. The molecule has 0 aromatic rings. The van der Waals surface area contributed by atoms with Gasteiger partial charge in [-0.3, -0.25) is 0 Å². The molecule has 0 bridgehead atoms. The highest BCUT2D eigenvalue weighted by molar-refractivity contribution is 5.82. The van der Waals surface area contributed by atoms with Crippen molar-refractivity contribution in [2.75, 3.05) is 19.7 Å². The highest BCUT2D eigenvalue weighted by Gasteiger charge is 2.02. The Balaban J connectivity index is 1.62. The van der Waals surface area contributed by atoms with Crippen molar-refractivity contribution in [3.05, 3.63) is 47.9 Å². The van der Waals surface area contributed by atoms with Gasteiger partial charge in [-0.25, -0.2) is 0 Å². The number of nitrogens with zero attached hydrogens (tertiary/aromatic N) is 2. The molecule has 0 spiro atoms. The Hall–Kier alpha value is -2.50. The lowest BCUT2D eigenvalue weighted by Gasteiger charge is -2.08. The van der Waals surface area contributed by atoms with E-state index in [2.05, 4.69) is 20.9 Å². The molecule has 0 radical (unpaired) electrons. The number of dihydropyridines is 2. The first-order chi connectivity index (χ1) is 10.3. The maximum atomic E-state index is 5.27. The van der Waals surface area contributed by atoms with E-state index in [1.807, 2.05) is 43.6 Å². The van der Waals surface area contributed by atoms with Gasteiger partial charge in [-0.2, -0.15) is 0 Å². The lowest BCUT2D eigenvalue weighted by Crippen LogP contribution is -2.12. The number of hydrogen-bond donors (Lipinski definition) is 2. The summed E-state index contributed by atoms with van der Waals surface area (Å²) in [5.74, 6) is 0. The second-order valence-corrected chi connectivity index (χ2v) is 4.57. The molecular weight excluding hydrogens is 268 g/mol. The second kappa shape index (κ2) is 8.63. The molecular formula is C15H20N4O2. The van der Waals surface area contributed by atoms with Crippen LogP contribution in [0.1, 0.15) is 6.92 Å². The zero-order valence-electron chi connectivity index (χ0n) is 12.0. The van der Waals surface area contributed by atoms with E-state index in [9.17, 15) is 0 Å². The maximum absolute atomic E-state index is 5.27. The number of hydrogen-bond acceptors (Lipinski definition) is 6. The molecule has 2 rings (SSSR count). The van der Waals surface area contributed by atoms with E-state index in [1.165, 1.54) is 0 Å². The average molecular weight is 288 g/mol. The van der Waals surface area contributed by atoms with E-state index in [4.69, 9.17) is 9.68 Å². The van der Waals surface area contributed by atoms with E-state index >= 15 is 0 Å². The Morgan fingerprint density at radius 1 is 1.10 bits per heavy atom. The Bertz CT molecular complexity index is 504. The fraction of sp³-hybridized carbons (Fsp3) is 0.333. The molecule has 2 heterocycles. The Kier molecular flexibility index (Phi) is 6.12. The van der Waals surface area contributed by atoms with Crippen LogP contribution in [0.5, 0.6) is 0 Å². The predicted molar refractivity (Wildman–Crippen MR) is 83.9 cm³/mol. The monoisotopic (exact) mass is 288 g/mol. The Morgan fingerprint density at radius 2 is 1.71 bits per heavy atom. The van der Waals surface area contributed by atoms with Gasteiger partial charge < -0.3 is 20.3 Å². The van der Waals surface area contributed by atoms with Crippen LogP contribution in [0.2, 0.25) is 0 Å². The summed E-state index contributed by atoms with van der Waals surface area (Å²) in [7, 11) is 0. The van der Waals surface area contributed by atoms with Crippen LogP contribution in [0, 0.1) is 0 Å². The molecule has 0 aromatic carbocycles. The molecule has 2 aliphatic rings. The minimum Gasteiger partial charge on any atom is -0.392 e. The van der Waals surface area contributed by atoms with Gasteiger partial charge in [0.15, 0.2) is 12.7 Å². The van der Waals surface area contributed by atoms with Gasteiger partial charge in [0, 0.05) is 13.1 Å². The molecule has 1 unspecified atom stereocenters. The SMILES string of the molecule is CC(CON=CC1=CCNC=C1)ON=CC1=CCNC=C1. The zero-order chi connectivity index (χ0) is 14.8. The van der Waals surface area contributed by atoms with Crippen molar-refractivity contribution >= 4 is 12.4 Å². The van der Waals surface area contributed by atoms with Gasteiger partial charge in [-0.1, -0.05) is 22.5 Å². The van der Waals surface area contributed by atoms with Crippen LogP contribution in [-0.2, 0) is 9.68 Å². The standard InChI is InChI=1S/C15H20N4O2/c1-13(21-19-11-15-4-8-17-9-5-15)12-20-18-10-14-2-6-16-7-3-14/h2-6,8,10-11,13,16-17H,7,9,12H2,1H3. The summed E-state index contributed by atoms with van der Waals surface area (Å²) in [6.45, 7) is 3.85. The molecule has 0 aliphatic carbocycles. The summed E-state index contributed by atoms with van der Waals surface area (Å²) < 4.78 is 0. The zero-order valence-corrected chi connectivity index (χ0v) is 12.0. The first kappa shape index (κ1) is 14.9. The summed E-state index contributed by atoms with van der Waals surface area (Å²) in [5, 5.41) is 14.0. The van der Waals surface area contributed by atoms with E-state index in [-0.39, 0.29) is 6.10 Å². The van der Waals surface area contributed by atoms with Crippen molar-refractivity contribution in [1.82, 2.24) is 10.6 Å². The van der Waals surface area contributed by atoms with Gasteiger partial charge in [0.05, 0.1) is 12.4 Å². The number of rotatable bonds is 7. The lowest BCUT2D eigenvalue weighted by molar-refractivity contribution is -0.00142. The average Bonchev–Trinajstić information content (AvgIpc) is 2.54. The topological polar surface area (TPSA) is 67.2 Å². The Morgan fingerprint density at radius 3 is 2.29 bits per heavy atom.